The highest BCUT2D eigenvalue weighted by molar-refractivity contribution is 7.85. The summed E-state index contributed by atoms with van der Waals surface area (Å²) in [5.74, 6) is 0.809. The molecule has 0 saturated heterocycles. The highest BCUT2D eigenvalue weighted by atomic mass is 32.2. The van der Waals surface area contributed by atoms with Crippen LogP contribution in [-0.4, -0.2) is 47.6 Å². The van der Waals surface area contributed by atoms with Gasteiger partial charge >= 0.3 is 0 Å². The summed E-state index contributed by atoms with van der Waals surface area (Å²) in [5, 5.41) is 9.09. The summed E-state index contributed by atoms with van der Waals surface area (Å²) in [5.41, 5.74) is 5.56. The fourth-order valence-electron chi connectivity index (χ4n) is 4.14. The van der Waals surface area contributed by atoms with Crippen molar-refractivity contribution in [2.45, 2.75) is 37.6 Å². The summed E-state index contributed by atoms with van der Waals surface area (Å²) in [7, 11) is 0.924. The number of aliphatic hydroxyl groups is 1. The van der Waals surface area contributed by atoms with Crippen molar-refractivity contribution in [3.63, 3.8) is 0 Å². The van der Waals surface area contributed by atoms with E-state index in [2.05, 4.69) is 48.9 Å². The van der Waals surface area contributed by atoms with Crippen LogP contribution < -0.4 is 9.64 Å². The first-order valence-corrected chi connectivity index (χ1v) is 12.0. The molecule has 0 fully saturated rings. The van der Waals surface area contributed by atoms with Gasteiger partial charge in [-0.15, -0.1) is 0 Å². The average molecular weight is 467 g/mol. The molecule has 0 radical (unpaired) electrons. The molecule has 1 unspecified atom stereocenters. The van der Waals surface area contributed by atoms with Gasteiger partial charge in [0.15, 0.2) is 0 Å². The molecule has 0 spiro atoms. The number of hydrogen-bond donors (Lipinski definition) is 1. The maximum atomic E-state index is 13.3. The van der Waals surface area contributed by atoms with E-state index in [0.717, 1.165) is 52.1 Å². The molecule has 3 aromatic rings. The van der Waals surface area contributed by atoms with Gasteiger partial charge in [-0.1, -0.05) is 43.8 Å². The number of aryl methyl sites for hydroxylation is 1. The van der Waals surface area contributed by atoms with Crippen LogP contribution in [0.15, 0.2) is 70.5 Å². The van der Waals surface area contributed by atoms with Gasteiger partial charge in [0.2, 0.25) is 0 Å². The van der Waals surface area contributed by atoms with Crippen molar-refractivity contribution >= 4 is 22.2 Å². The van der Waals surface area contributed by atoms with Gasteiger partial charge < -0.3 is 19.6 Å². The summed E-state index contributed by atoms with van der Waals surface area (Å²) in [6.45, 7) is 6.85. The summed E-state index contributed by atoms with van der Waals surface area (Å²) < 4.78 is 19.0. The Morgan fingerprint density at radius 2 is 1.73 bits per heavy atom. The zero-order valence-corrected chi connectivity index (χ0v) is 19.7. The van der Waals surface area contributed by atoms with Crippen LogP contribution in [0.1, 0.15) is 24.1 Å². The number of fused-ring (bicyclic) bond motifs is 2. The minimum Gasteiger partial charge on any atom is -0.491 e. The third-order valence-corrected chi connectivity index (χ3v) is 7.43. The molecular formula is C27H34N2O3S. The van der Waals surface area contributed by atoms with E-state index in [0.29, 0.717) is 0 Å². The first kappa shape index (κ1) is 25.0. The van der Waals surface area contributed by atoms with Crippen molar-refractivity contribution in [2.75, 3.05) is 38.3 Å². The molecule has 0 aromatic heterocycles. The van der Waals surface area contributed by atoms with Gasteiger partial charge in [-0.25, -0.2) is 4.21 Å². The molecule has 0 bridgehead atoms. The molecule has 1 aliphatic rings. The molecule has 176 valence electrons. The molecule has 1 atom stereocenters. The van der Waals surface area contributed by atoms with E-state index < -0.39 is 10.8 Å². The number of para-hydroxylation sites is 2. The summed E-state index contributed by atoms with van der Waals surface area (Å²) >= 11 is 0. The topological polar surface area (TPSA) is 53.0 Å². The molecular weight excluding hydrogens is 432 g/mol. The van der Waals surface area contributed by atoms with Crippen molar-refractivity contribution in [1.29, 1.82) is 0 Å². The first-order valence-electron chi connectivity index (χ1n) is 10.9. The molecule has 1 aliphatic heterocycles. The van der Waals surface area contributed by atoms with Gasteiger partial charge in [-0.2, -0.15) is 0 Å². The van der Waals surface area contributed by atoms with E-state index in [1.165, 1.54) is 11.1 Å². The lowest BCUT2D eigenvalue weighted by molar-refractivity contribution is 0.198. The number of nitrogens with zero attached hydrogens (tertiary/aromatic N) is 2. The Bertz CT molecular complexity index is 1130. The second-order valence-electron chi connectivity index (χ2n) is 8.16. The van der Waals surface area contributed by atoms with Crippen molar-refractivity contribution < 1.29 is 14.1 Å². The maximum Gasteiger partial charge on any atom is 0.123 e. The van der Waals surface area contributed by atoms with Crippen molar-refractivity contribution in [3.05, 3.63) is 77.4 Å². The zero-order valence-electron chi connectivity index (χ0n) is 18.9. The Morgan fingerprint density at radius 3 is 2.52 bits per heavy atom. The second kappa shape index (κ2) is 11.0. The molecule has 0 aliphatic carbocycles. The summed E-state index contributed by atoms with van der Waals surface area (Å²) in [6.07, 6.45) is 0. The van der Waals surface area contributed by atoms with E-state index in [1.54, 1.807) is 0 Å². The van der Waals surface area contributed by atoms with Crippen molar-refractivity contribution in [1.82, 2.24) is 4.90 Å². The number of anilines is 2. The first-order chi connectivity index (χ1) is 15.5. The molecule has 1 heterocycles. The summed E-state index contributed by atoms with van der Waals surface area (Å²) in [4.78, 5) is 6.34. The van der Waals surface area contributed by atoms with E-state index in [-0.39, 0.29) is 20.6 Å². The van der Waals surface area contributed by atoms with Gasteiger partial charge in [0.05, 0.1) is 38.6 Å². The standard InChI is InChI=1S/C26H30N2O3S.CH4/c1-19-12-13-25-26(20(19)2)28(22-9-5-7-11-24(22)32(25)30)15-14-27(3)18-21-8-4-6-10-23(21)31-17-16-29;/h4-13,29H,14-18H2,1-3H3;1H4. The molecule has 5 nitrogen and oxygen atoms in total. The Labute approximate surface area is 200 Å². The predicted molar refractivity (Wildman–Crippen MR) is 136 cm³/mol. The third kappa shape index (κ3) is 5.13. The minimum atomic E-state index is -1.17. The molecule has 1 N–H and O–H groups in total. The van der Waals surface area contributed by atoms with Crippen LogP contribution in [0, 0.1) is 13.8 Å². The highest BCUT2D eigenvalue weighted by Crippen LogP contribution is 2.44. The van der Waals surface area contributed by atoms with Gasteiger partial charge in [0.1, 0.15) is 12.4 Å². The van der Waals surface area contributed by atoms with Crippen LogP contribution in [0.5, 0.6) is 5.75 Å². The molecule has 4 rings (SSSR count). The third-order valence-electron chi connectivity index (χ3n) is 5.96. The number of ether oxygens (including phenoxy) is 1. The zero-order chi connectivity index (χ0) is 22.7. The number of benzene rings is 3. The minimum absolute atomic E-state index is 0. The maximum absolute atomic E-state index is 13.3. The summed E-state index contributed by atoms with van der Waals surface area (Å²) in [6, 6.07) is 20.0. The van der Waals surface area contributed by atoms with Crippen molar-refractivity contribution in [2.24, 2.45) is 0 Å². The van der Waals surface area contributed by atoms with Crippen LogP contribution in [0.3, 0.4) is 0 Å². The van der Waals surface area contributed by atoms with Gasteiger partial charge in [0, 0.05) is 25.2 Å². The van der Waals surface area contributed by atoms with E-state index in [9.17, 15) is 4.21 Å². The normalized spacial score (nSPS) is 14.5. The number of likely N-dealkylation sites (N-methyl/N-ethyl adjacent to an activating group) is 1. The van der Waals surface area contributed by atoms with Crippen LogP contribution in [0.2, 0.25) is 0 Å². The fraction of sp³-hybridized carbons (Fsp3) is 0.333. The molecule has 33 heavy (non-hydrogen) atoms. The van der Waals surface area contributed by atoms with Gasteiger partial charge in [0.25, 0.3) is 0 Å². The van der Waals surface area contributed by atoms with E-state index >= 15 is 0 Å². The second-order valence-corrected chi connectivity index (χ2v) is 9.58. The van der Waals surface area contributed by atoms with Crippen LogP contribution in [0.25, 0.3) is 0 Å². The van der Waals surface area contributed by atoms with Gasteiger partial charge in [-0.05, 0) is 56.3 Å². The van der Waals surface area contributed by atoms with E-state index in [1.807, 2.05) is 42.5 Å². The predicted octanol–water partition coefficient (Wildman–Crippen LogP) is 5.06. The Morgan fingerprint density at radius 1 is 1.00 bits per heavy atom. The molecule has 0 amide bonds. The average Bonchev–Trinajstić information content (AvgIpc) is 2.81. The number of hydrogen-bond acceptors (Lipinski definition) is 5. The lowest BCUT2D eigenvalue weighted by Gasteiger charge is -2.35. The molecule has 0 saturated carbocycles. The SMILES string of the molecule is C.Cc1ccc2c(c1C)N(CCN(C)Cc1ccccc1OCCO)c1ccccc1S2=O. The monoisotopic (exact) mass is 466 g/mol. The fourth-order valence-corrected chi connectivity index (χ4v) is 5.58. The smallest absolute Gasteiger partial charge is 0.123 e. The lowest BCUT2D eigenvalue weighted by Crippen LogP contribution is -2.33. The Hall–Kier alpha value is -2.67. The lowest BCUT2D eigenvalue weighted by atomic mass is 10.1. The number of aliphatic hydroxyl groups excluding tert-OH is 1. The number of rotatable bonds is 8. The van der Waals surface area contributed by atoms with Gasteiger partial charge in [-0.3, -0.25) is 0 Å². The van der Waals surface area contributed by atoms with Crippen molar-refractivity contribution in [3.8, 4) is 5.75 Å². The Balaban J connectivity index is 0.00000306. The van der Waals surface area contributed by atoms with E-state index in [4.69, 9.17) is 9.84 Å². The highest BCUT2D eigenvalue weighted by Gasteiger charge is 2.29. The van der Waals surface area contributed by atoms with Crippen LogP contribution in [0.4, 0.5) is 11.4 Å². The molecule has 3 aromatic carbocycles. The van der Waals surface area contributed by atoms with Crippen LogP contribution >= 0.6 is 0 Å². The van der Waals surface area contributed by atoms with Crippen LogP contribution in [-0.2, 0) is 17.3 Å². The quantitative estimate of drug-likeness (QED) is 0.503. The molecule has 6 heteroatoms. The largest absolute Gasteiger partial charge is 0.491 e. The Kier molecular flexibility index (Phi) is 8.30.